The minimum Gasteiger partial charge on any atom is -0.492 e. The number of nitrogens with one attached hydrogen (secondary N) is 2. The molecule has 2 heterocycles. The minimum absolute atomic E-state index is 0.287. The second-order valence-electron chi connectivity index (χ2n) is 3.36. The van der Waals surface area contributed by atoms with E-state index in [2.05, 4.69) is 25.6 Å². The third kappa shape index (κ3) is 2.58. The number of hydrogen-bond donors (Lipinski definition) is 3. The van der Waals surface area contributed by atoms with Crippen molar-refractivity contribution in [2.75, 3.05) is 6.61 Å². The van der Waals surface area contributed by atoms with Gasteiger partial charge in [-0.25, -0.2) is 10.4 Å². The Morgan fingerprint density at radius 1 is 1.53 bits per heavy atom. The monoisotopic (exact) mass is 234 g/mol. The summed E-state index contributed by atoms with van der Waals surface area (Å²) in [6.07, 6.45) is 4.79. The van der Waals surface area contributed by atoms with E-state index in [1.54, 1.807) is 12.4 Å². The maximum Gasteiger partial charge on any atom is 0.147 e. The van der Waals surface area contributed by atoms with Gasteiger partial charge in [-0.1, -0.05) is 0 Å². The van der Waals surface area contributed by atoms with Crippen LogP contribution in [0.25, 0.3) is 0 Å². The number of H-pyrrole nitrogens is 1. The largest absolute Gasteiger partial charge is 0.492 e. The van der Waals surface area contributed by atoms with Crippen LogP contribution in [0.15, 0.2) is 24.8 Å². The molecule has 17 heavy (non-hydrogen) atoms. The lowest BCUT2D eigenvalue weighted by Crippen LogP contribution is -2.29. The quantitative estimate of drug-likeness (QED) is 0.503. The standard InChI is InChI=1S/C10H14N6O/c1-2-17-8-3-7(4-12-5-8)9(15-11)10-13-6-14-16-10/h3-6,9,15H,2,11H2,1H3,(H,13,14,16). The molecule has 90 valence electrons. The van der Waals surface area contributed by atoms with Gasteiger partial charge >= 0.3 is 0 Å². The molecule has 2 rings (SSSR count). The lowest BCUT2D eigenvalue weighted by Gasteiger charge is -2.13. The number of hydrazine groups is 1. The van der Waals surface area contributed by atoms with Crippen LogP contribution in [-0.2, 0) is 0 Å². The highest BCUT2D eigenvalue weighted by Crippen LogP contribution is 2.20. The van der Waals surface area contributed by atoms with Gasteiger partial charge in [0.1, 0.15) is 23.9 Å². The second kappa shape index (κ2) is 5.37. The topological polar surface area (TPSA) is 102 Å². The number of nitrogens with zero attached hydrogens (tertiary/aromatic N) is 3. The Bertz CT molecular complexity index is 458. The van der Waals surface area contributed by atoms with E-state index in [4.69, 9.17) is 10.6 Å². The fourth-order valence-corrected chi connectivity index (χ4v) is 1.53. The van der Waals surface area contributed by atoms with Crippen molar-refractivity contribution in [2.45, 2.75) is 13.0 Å². The molecule has 2 aromatic rings. The minimum atomic E-state index is -0.287. The fraction of sp³-hybridized carbons (Fsp3) is 0.300. The zero-order valence-electron chi connectivity index (χ0n) is 9.42. The lowest BCUT2D eigenvalue weighted by atomic mass is 10.1. The molecule has 1 atom stereocenters. The molecule has 2 aromatic heterocycles. The van der Waals surface area contributed by atoms with E-state index in [0.29, 0.717) is 18.2 Å². The van der Waals surface area contributed by atoms with Gasteiger partial charge in [0, 0.05) is 6.20 Å². The van der Waals surface area contributed by atoms with E-state index in [1.165, 1.54) is 6.33 Å². The van der Waals surface area contributed by atoms with E-state index in [-0.39, 0.29) is 6.04 Å². The van der Waals surface area contributed by atoms with E-state index in [9.17, 15) is 0 Å². The summed E-state index contributed by atoms with van der Waals surface area (Å²) in [5.74, 6) is 6.84. The third-order valence-corrected chi connectivity index (χ3v) is 2.25. The predicted octanol–water partition coefficient (Wildman–Crippen LogP) is 0.151. The zero-order chi connectivity index (χ0) is 12.1. The van der Waals surface area contributed by atoms with Crippen LogP contribution >= 0.6 is 0 Å². The molecule has 0 radical (unpaired) electrons. The predicted molar refractivity (Wildman–Crippen MR) is 61.0 cm³/mol. The number of rotatable bonds is 5. The van der Waals surface area contributed by atoms with Gasteiger partial charge in [0.2, 0.25) is 0 Å². The summed E-state index contributed by atoms with van der Waals surface area (Å²) in [7, 11) is 0. The van der Waals surface area contributed by atoms with Gasteiger partial charge in [-0.05, 0) is 18.6 Å². The van der Waals surface area contributed by atoms with Crippen molar-refractivity contribution >= 4 is 0 Å². The number of pyridine rings is 1. The highest BCUT2D eigenvalue weighted by atomic mass is 16.5. The summed E-state index contributed by atoms with van der Waals surface area (Å²) in [6, 6.07) is 1.58. The summed E-state index contributed by atoms with van der Waals surface area (Å²) in [6.45, 7) is 2.51. The van der Waals surface area contributed by atoms with Crippen molar-refractivity contribution in [2.24, 2.45) is 5.84 Å². The number of ether oxygens (including phenoxy) is 1. The average molecular weight is 234 g/mol. The SMILES string of the molecule is CCOc1cncc(C(NN)c2ncn[nH]2)c1. The van der Waals surface area contributed by atoms with Crippen molar-refractivity contribution in [3.8, 4) is 5.75 Å². The summed E-state index contributed by atoms with van der Waals surface area (Å²) >= 11 is 0. The second-order valence-corrected chi connectivity index (χ2v) is 3.36. The number of nitrogens with two attached hydrogens (primary N) is 1. The summed E-state index contributed by atoms with van der Waals surface area (Å²) in [5, 5.41) is 6.56. The zero-order valence-corrected chi connectivity index (χ0v) is 9.42. The van der Waals surface area contributed by atoms with Gasteiger partial charge in [0.25, 0.3) is 0 Å². The van der Waals surface area contributed by atoms with Gasteiger partial charge in [-0.15, -0.1) is 0 Å². The highest BCUT2D eigenvalue weighted by Gasteiger charge is 2.16. The van der Waals surface area contributed by atoms with Crippen molar-refractivity contribution in [1.29, 1.82) is 0 Å². The van der Waals surface area contributed by atoms with Gasteiger partial charge in [0.15, 0.2) is 0 Å². The Morgan fingerprint density at radius 2 is 2.41 bits per heavy atom. The average Bonchev–Trinajstić information content (AvgIpc) is 2.85. The molecule has 0 aliphatic carbocycles. The molecule has 0 amide bonds. The molecule has 0 saturated heterocycles. The van der Waals surface area contributed by atoms with Crippen LogP contribution in [0.3, 0.4) is 0 Å². The van der Waals surface area contributed by atoms with Crippen LogP contribution in [-0.4, -0.2) is 26.8 Å². The molecular weight excluding hydrogens is 220 g/mol. The van der Waals surface area contributed by atoms with Crippen LogP contribution in [0.1, 0.15) is 24.4 Å². The Hall–Kier alpha value is -1.99. The van der Waals surface area contributed by atoms with Crippen LogP contribution in [0.5, 0.6) is 5.75 Å². The van der Waals surface area contributed by atoms with Crippen LogP contribution in [0.2, 0.25) is 0 Å². The summed E-state index contributed by atoms with van der Waals surface area (Å²) < 4.78 is 5.38. The van der Waals surface area contributed by atoms with E-state index in [1.807, 2.05) is 13.0 Å². The first-order valence-corrected chi connectivity index (χ1v) is 5.24. The first-order valence-electron chi connectivity index (χ1n) is 5.24. The smallest absolute Gasteiger partial charge is 0.147 e. The molecule has 0 saturated carbocycles. The molecule has 1 unspecified atom stereocenters. The lowest BCUT2D eigenvalue weighted by molar-refractivity contribution is 0.338. The third-order valence-electron chi connectivity index (χ3n) is 2.25. The van der Waals surface area contributed by atoms with E-state index < -0.39 is 0 Å². The van der Waals surface area contributed by atoms with E-state index >= 15 is 0 Å². The number of hydrogen-bond acceptors (Lipinski definition) is 6. The molecule has 7 nitrogen and oxygen atoms in total. The van der Waals surface area contributed by atoms with Crippen LogP contribution in [0.4, 0.5) is 0 Å². The van der Waals surface area contributed by atoms with Crippen LogP contribution in [0, 0.1) is 0 Å². The number of aromatic amines is 1. The fourth-order valence-electron chi connectivity index (χ4n) is 1.53. The molecule has 4 N–H and O–H groups in total. The van der Waals surface area contributed by atoms with Gasteiger partial charge < -0.3 is 4.74 Å². The highest BCUT2D eigenvalue weighted by molar-refractivity contribution is 5.29. The van der Waals surface area contributed by atoms with Gasteiger partial charge in [-0.2, -0.15) is 5.10 Å². The molecular formula is C10H14N6O. The van der Waals surface area contributed by atoms with Crippen LogP contribution < -0.4 is 16.0 Å². The summed E-state index contributed by atoms with van der Waals surface area (Å²) in [4.78, 5) is 8.16. The normalized spacial score (nSPS) is 12.4. The van der Waals surface area contributed by atoms with Crippen molar-refractivity contribution in [3.05, 3.63) is 36.2 Å². The summed E-state index contributed by atoms with van der Waals surface area (Å²) in [5.41, 5.74) is 3.52. The van der Waals surface area contributed by atoms with Crippen molar-refractivity contribution in [1.82, 2.24) is 25.6 Å². The molecule has 0 aliphatic heterocycles. The Morgan fingerprint density at radius 3 is 3.06 bits per heavy atom. The van der Waals surface area contributed by atoms with Crippen molar-refractivity contribution < 1.29 is 4.74 Å². The molecule has 0 aliphatic rings. The maximum absolute atomic E-state index is 5.51. The Balaban J connectivity index is 2.28. The Labute approximate surface area is 98.4 Å². The molecule has 0 spiro atoms. The molecule has 0 aromatic carbocycles. The Kier molecular flexibility index (Phi) is 3.63. The van der Waals surface area contributed by atoms with Crippen molar-refractivity contribution in [3.63, 3.8) is 0 Å². The first-order chi connectivity index (χ1) is 8.35. The van der Waals surface area contributed by atoms with E-state index in [0.717, 1.165) is 5.56 Å². The molecule has 0 fully saturated rings. The number of aromatic nitrogens is 4. The molecule has 0 bridgehead atoms. The van der Waals surface area contributed by atoms with Gasteiger partial charge in [-0.3, -0.25) is 15.9 Å². The van der Waals surface area contributed by atoms with Gasteiger partial charge in [0.05, 0.1) is 12.8 Å². The molecule has 7 heteroatoms. The maximum atomic E-state index is 5.51. The first kappa shape index (κ1) is 11.5.